The second-order valence-corrected chi connectivity index (χ2v) is 2.46. The lowest BCUT2D eigenvalue weighted by molar-refractivity contribution is -0.149. The fraction of sp³-hybridized carbons (Fsp3) is 0.429. The normalized spacial score (nSPS) is 12.5. The van der Waals surface area contributed by atoms with Crippen molar-refractivity contribution in [1.82, 2.24) is 9.97 Å². The van der Waals surface area contributed by atoms with Gasteiger partial charge in [0.1, 0.15) is 6.04 Å². The van der Waals surface area contributed by atoms with E-state index in [9.17, 15) is 9.18 Å². The second kappa shape index (κ2) is 4.56. The van der Waals surface area contributed by atoms with Gasteiger partial charge in [0.25, 0.3) is 0 Å². The van der Waals surface area contributed by atoms with Gasteiger partial charge in [0, 0.05) is 18.3 Å². The first-order valence-corrected chi connectivity index (χ1v) is 3.69. The Hall–Kier alpha value is -1.43. The van der Waals surface area contributed by atoms with Gasteiger partial charge in [0.2, 0.25) is 6.86 Å². The number of nitrogens with two attached hydrogens (primary N) is 1. The van der Waals surface area contributed by atoms with Gasteiger partial charge in [0.15, 0.2) is 0 Å². The fourth-order valence-corrected chi connectivity index (χ4v) is 0.877. The summed E-state index contributed by atoms with van der Waals surface area (Å²) in [5, 5.41) is 0. The molecule has 0 unspecified atom stereocenters. The molecule has 3 N–H and O–H groups in total. The minimum atomic E-state index is -1.14. The summed E-state index contributed by atoms with van der Waals surface area (Å²) in [5.74, 6) is -0.753. The van der Waals surface area contributed by atoms with Gasteiger partial charge in [-0.3, -0.25) is 4.79 Å². The van der Waals surface area contributed by atoms with Crippen LogP contribution in [-0.2, 0) is 16.0 Å². The molecule has 1 atom stereocenters. The number of ether oxygens (including phenoxy) is 1. The average molecular weight is 187 g/mol. The number of rotatable bonds is 4. The third-order valence-electron chi connectivity index (χ3n) is 1.49. The molecule has 5 nitrogen and oxygen atoms in total. The molecule has 0 aliphatic rings. The Morgan fingerprint density at radius 2 is 2.62 bits per heavy atom. The Bertz CT molecular complexity index is 263. The van der Waals surface area contributed by atoms with Crippen molar-refractivity contribution in [2.24, 2.45) is 5.73 Å². The van der Waals surface area contributed by atoms with Gasteiger partial charge in [-0.15, -0.1) is 0 Å². The number of carbonyl (C=O) groups is 1. The number of H-pyrrole nitrogens is 1. The summed E-state index contributed by atoms with van der Waals surface area (Å²) in [6.45, 7) is -1.14. The summed E-state index contributed by atoms with van der Waals surface area (Å²) in [5.41, 5.74) is 6.12. The smallest absolute Gasteiger partial charge is 0.325 e. The van der Waals surface area contributed by atoms with Crippen molar-refractivity contribution in [3.05, 3.63) is 18.2 Å². The third-order valence-corrected chi connectivity index (χ3v) is 1.49. The molecule has 0 saturated carbocycles. The zero-order chi connectivity index (χ0) is 9.68. The van der Waals surface area contributed by atoms with Crippen molar-refractivity contribution < 1.29 is 13.9 Å². The van der Waals surface area contributed by atoms with E-state index in [1.807, 2.05) is 0 Å². The van der Waals surface area contributed by atoms with Gasteiger partial charge in [-0.25, -0.2) is 9.37 Å². The number of aromatic amines is 1. The van der Waals surface area contributed by atoms with Crippen LogP contribution in [0.4, 0.5) is 4.39 Å². The molecule has 13 heavy (non-hydrogen) atoms. The topological polar surface area (TPSA) is 81.0 Å². The van der Waals surface area contributed by atoms with E-state index >= 15 is 0 Å². The van der Waals surface area contributed by atoms with E-state index in [-0.39, 0.29) is 6.42 Å². The maximum Gasteiger partial charge on any atom is 0.325 e. The van der Waals surface area contributed by atoms with Gasteiger partial charge >= 0.3 is 5.97 Å². The van der Waals surface area contributed by atoms with E-state index in [1.54, 1.807) is 6.20 Å². The first-order chi connectivity index (χ1) is 6.24. The van der Waals surface area contributed by atoms with Crippen molar-refractivity contribution in [2.75, 3.05) is 6.86 Å². The van der Waals surface area contributed by atoms with Crippen LogP contribution in [0.15, 0.2) is 12.5 Å². The molecule has 0 saturated heterocycles. The summed E-state index contributed by atoms with van der Waals surface area (Å²) in [7, 11) is 0. The van der Waals surface area contributed by atoms with Crippen LogP contribution >= 0.6 is 0 Å². The van der Waals surface area contributed by atoms with Crippen LogP contribution in [0.2, 0.25) is 0 Å². The molecule has 1 aromatic rings. The van der Waals surface area contributed by atoms with Gasteiger partial charge < -0.3 is 15.5 Å². The lowest BCUT2D eigenvalue weighted by Crippen LogP contribution is -2.34. The largest absolute Gasteiger partial charge is 0.433 e. The zero-order valence-electron chi connectivity index (χ0n) is 6.87. The molecule has 1 rings (SSSR count). The maximum absolute atomic E-state index is 11.6. The minimum Gasteiger partial charge on any atom is -0.433 e. The van der Waals surface area contributed by atoms with E-state index in [2.05, 4.69) is 14.7 Å². The molecule has 0 bridgehead atoms. The summed E-state index contributed by atoms with van der Waals surface area (Å²) < 4.78 is 15.7. The molecule has 0 aliphatic carbocycles. The third kappa shape index (κ3) is 2.83. The highest BCUT2D eigenvalue weighted by Gasteiger charge is 2.15. The average Bonchev–Trinajstić information content (AvgIpc) is 2.57. The zero-order valence-corrected chi connectivity index (χ0v) is 6.87. The van der Waals surface area contributed by atoms with E-state index in [0.717, 1.165) is 0 Å². The number of esters is 1. The second-order valence-electron chi connectivity index (χ2n) is 2.46. The summed E-state index contributed by atoms with van der Waals surface area (Å²) in [6, 6.07) is -0.851. The molecule has 0 fully saturated rings. The minimum absolute atomic E-state index is 0.263. The lowest BCUT2D eigenvalue weighted by atomic mass is 10.2. The number of alkyl halides is 1. The maximum atomic E-state index is 11.6. The highest BCUT2D eigenvalue weighted by molar-refractivity contribution is 5.75. The van der Waals surface area contributed by atoms with E-state index in [0.29, 0.717) is 5.69 Å². The Kier molecular flexibility index (Phi) is 3.39. The molecule has 1 heterocycles. The molecule has 0 aliphatic heterocycles. The number of halogens is 1. The molecule has 0 aromatic carbocycles. The molecule has 0 spiro atoms. The van der Waals surface area contributed by atoms with Crippen LogP contribution in [0.1, 0.15) is 5.69 Å². The van der Waals surface area contributed by atoms with Crippen molar-refractivity contribution >= 4 is 5.97 Å². The predicted octanol–water partition coefficient (Wildman–Crippen LogP) is -0.250. The summed E-state index contributed by atoms with van der Waals surface area (Å²) >= 11 is 0. The van der Waals surface area contributed by atoms with Gasteiger partial charge in [-0.1, -0.05) is 0 Å². The highest BCUT2D eigenvalue weighted by atomic mass is 19.1. The number of nitrogens with one attached hydrogen (secondary N) is 1. The monoisotopic (exact) mass is 187 g/mol. The molecular weight excluding hydrogens is 177 g/mol. The Labute approximate surface area is 74.1 Å². The Balaban J connectivity index is 2.41. The van der Waals surface area contributed by atoms with Crippen molar-refractivity contribution in [3.8, 4) is 0 Å². The fourth-order valence-electron chi connectivity index (χ4n) is 0.877. The molecule has 72 valence electrons. The number of hydrogen-bond donors (Lipinski definition) is 2. The highest BCUT2D eigenvalue weighted by Crippen LogP contribution is 1.97. The molecule has 1 aromatic heterocycles. The predicted molar refractivity (Wildman–Crippen MR) is 42.3 cm³/mol. The van der Waals surface area contributed by atoms with Gasteiger partial charge in [0.05, 0.1) is 6.33 Å². The number of nitrogens with zero attached hydrogens (tertiary/aromatic N) is 1. The first-order valence-electron chi connectivity index (χ1n) is 3.69. The first kappa shape index (κ1) is 9.66. The van der Waals surface area contributed by atoms with Crippen LogP contribution in [0, 0.1) is 0 Å². The molecular formula is C7H10FN3O2. The SMILES string of the molecule is N[C@@H](Cc1cnc[nH]1)C(=O)OCF. The molecule has 6 heteroatoms. The number of hydrogen-bond acceptors (Lipinski definition) is 4. The van der Waals surface area contributed by atoms with Crippen LogP contribution in [0.3, 0.4) is 0 Å². The molecule has 0 radical (unpaired) electrons. The van der Waals surface area contributed by atoms with Crippen molar-refractivity contribution in [3.63, 3.8) is 0 Å². The Morgan fingerprint density at radius 1 is 1.85 bits per heavy atom. The summed E-state index contributed by atoms with van der Waals surface area (Å²) in [4.78, 5) is 17.4. The Morgan fingerprint density at radius 3 is 3.15 bits per heavy atom. The van der Waals surface area contributed by atoms with Crippen LogP contribution < -0.4 is 5.73 Å². The number of carbonyl (C=O) groups excluding carboxylic acids is 1. The van der Waals surface area contributed by atoms with Crippen LogP contribution in [0.5, 0.6) is 0 Å². The van der Waals surface area contributed by atoms with E-state index < -0.39 is 18.9 Å². The quantitative estimate of drug-likeness (QED) is 0.637. The van der Waals surface area contributed by atoms with E-state index in [4.69, 9.17) is 5.73 Å². The van der Waals surface area contributed by atoms with Crippen LogP contribution in [-0.4, -0.2) is 28.8 Å². The lowest BCUT2D eigenvalue weighted by Gasteiger charge is -2.07. The number of aromatic nitrogens is 2. The summed E-state index contributed by atoms with van der Waals surface area (Å²) in [6.07, 6.45) is 3.28. The standard InChI is InChI=1S/C7H10FN3O2/c8-3-13-7(12)6(9)1-5-2-10-4-11-5/h2,4,6H,1,3,9H2,(H,10,11)/t6-/m0/s1. The van der Waals surface area contributed by atoms with Crippen LogP contribution in [0.25, 0.3) is 0 Å². The van der Waals surface area contributed by atoms with Crippen molar-refractivity contribution in [1.29, 1.82) is 0 Å². The molecule has 0 amide bonds. The van der Waals surface area contributed by atoms with Crippen molar-refractivity contribution in [2.45, 2.75) is 12.5 Å². The van der Waals surface area contributed by atoms with Gasteiger partial charge in [-0.2, -0.15) is 0 Å². The van der Waals surface area contributed by atoms with Gasteiger partial charge in [-0.05, 0) is 0 Å². The van der Waals surface area contributed by atoms with E-state index in [1.165, 1.54) is 6.33 Å². The number of imidazole rings is 1.